The highest BCUT2D eigenvalue weighted by atomic mass is 28.3. The van der Waals surface area contributed by atoms with Crippen LogP contribution in [0.5, 0.6) is 0 Å². The minimum Gasteiger partial charge on any atom is -0.437 e. The largest absolute Gasteiger partial charge is 0.437 e. The van der Waals surface area contributed by atoms with Gasteiger partial charge in [0.15, 0.2) is 18.0 Å². The minimum atomic E-state index is -2.79. The Morgan fingerprint density at radius 3 is 2.43 bits per heavy atom. The second-order valence-electron chi connectivity index (χ2n) is 17.1. The smallest absolute Gasteiger partial charge is 0.417 e. The van der Waals surface area contributed by atoms with Crippen molar-refractivity contribution in [3.63, 3.8) is 0 Å². The molecule has 0 radical (unpaired) electrons. The number of rotatable bonds is 5. The molecule has 1 spiro atoms. The molecular formula is C48H55N3OSi+2. The van der Waals surface area contributed by atoms with Gasteiger partial charge in [0.1, 0.15) is 16.7 Å². The van der Waals surface area contributed by atoms with Crippen molar-refractivity contribution in [3.05, 3.63) is 106 Å². The Morgan fingerprint density at radius 1 is 0.925 bits per heavy atom. The molecule has 2 aliphatic heterocycles. The van der Waals surface area contributed by atoms with Crippen LogP contribution in [-0.4, -0.2) is 13.1 Å². The molecule has 2 aliphatic carbocycles. The zero-order valence-electron chi connectivity index (χ0n) is 44.3. The van der Waals surface area contributed by atoms with Gasteiger partial charge in [0, 0.05) is 57.7 Å². The number of hydrogen-bond donors (Lipinski definition) is 0. The molecule has 0 bridgehead atoms. The van der Waals surface area contributed by atoms with Crippen molar-refractivity contribution in [2.75, 3.05) is 0 Å². The monoisotopic (exact) mass is 730 g/mol. The van der Waals surface area contributed by atoms with E-state index in [0.717, 1.165) is 53.3 Å². The number of nitrogens with zero attached hydrogens (tertiary/aromatic N) is 3. The first-order valence-corrected chi connectivity index (χ1v) is 22.8. The van der Waals surface area contributed by atoms with Crippen LogP contribution in [0.15, 0.2) is 65.5 Å². The third-order valence-electron chi connectivity index (χ3n) is 12.5. The molecule has 2 fully saturated rings. The van der Waals surface area contributed by atoms with Crippen molar-refractivity contribution in [2.24, 2.45) is 5.92 Å². The van der Waals surface area contributed by atoms with Crippen molar-refractivity contribution in [1.29, 1.82) is 0 Å². The summed E-state index contributed by atoms with van der Waals surface area (Å²) >= 11 is 0. The van der Waals surface area contributed by atoms with E-state index >= 15 is 0 Å². The Balaban J connectivity index is 1.46. The van der Waals surface area contributed by atoms with Crippen LogP contribution in [-0.2, 0) is 12.0 Å². The Morgan fingerprint density at radius 2 is 1.70 bits per heavy atom. The van der Waals surface area contributed by atoms with Crippen molar-refractivity contribution in [3.8, 4) is 22.5 Å². The molecule has 5 heteroatoms. The van der Waals surface area contributed by atoms with Gasteiger partial charge < -0.3 is 4.42 Å². The van der Waals surface area contributed by atoms with Crippen molar-refractivity contribution in [2.45, 2.75) is 129 Å². The highest BCUT2D eigenvalue weighted by molar-refractivity contribution is 6.89. The number of aryl methyl sites for hydroxylation is 3. The molecule has 6 heterocycles. The summed E-state index contributed by atoms with van der Waals surface area (Å²) in [7, 11) is -2.33. The number of benzene rings is 2. The molecule has 4 aliphatic rings. The maximum Gasteiger partial charge on any atom is 0.417 e. The number of hydrogen-bond acceptors (Lipinski definition) is 2. The highest BCUT2D eigenvalue weighted by Crippen LogP contribution is 2.52. The molecule has 0 N–H and O–H groups in total. The summed E-state index contributed by atoms with van der Waals surface area (Å²) in [5.74, 6) is -2.38. The fourth-order valence-electron chi connectivity index (χ4n) is 9.97. The molecule has 4 aromatic heterocycles. The second-order valence-corrected chi connectivity index (χ2v) is 22.1. The van der Waals surface area contributed by atoms with Gasteiger partial charge in [-0.1, -0.05) is 78.1 Å². The molecule has 2 saturated carbocycles. The first kappa shape index (κ1) is 22.3. The van der Waals surface area contributed by atoms with Crippen LogP contribution in [0, 0.1) is 26.5 Å². The summed E-state index contributed by atoms with van der Waals surface area (Å²) in [6.07, 6.45) is 8.78. The Hall–Kier alpha value is -4.09. The number of furan rings is 1. The molecule has 4 nitrogen and oxygen atoms in total. The lowest BCUT2D eigenvalue weighted by molar-refractivity contribution is -0.955. The summed E-state index contributed by atoms with van der Waals surface area (Å²) in [5, 5.41) is 1.31. The Bertz CT molecular complexity index is 3030. The Kier molecular flexibility index (Phi) is 4.93. The summed E-state index contributed by atoms with van der Waals surface area (Å²) in [5.41, 5.74) is 3.22. The average molecular weight is 731 g/mol. The standard InChI is InChI=1S/C48H55N3OSi/c1-28(2)37-24-41-36-18-17-34(33-15-11-12-16-33)23-39(36)48(51(41)27-43(37)53(6,7)8)40-20-31(5)44-38-19-29(3)25-49-47(38)52-46(44)45(40)42-21-30(4)35(26-50(42)48)22-32-13-9-10-14-32/h17-21,23-28,32-33H,9-16,22H2,1-8H3/q+2/i3D3,4D3,5D3,22D2,28D,33D. The van der Waals surface area contributed by atoms with Crippen LogP contribution >= 0.6 is 0 Å². The summed E-state index contributed by atoms with van der Waals surface area (Å²) < 4.78 is 129. The molecule has 10 rings (SSSR count). The minimum absolute atomic E-state index is 0.0116. The molecule has 6 aromatic rings. The average Bonchev–Trinajstić information content (AvgIpc) is 4.05. The first-order chi connectivity index (χ1) is 30.5. The van der Waals surface area contributed by atoms with Gasteiger partial charge in [0.05, 0.1) is 13.6 Å². The van der Waals surface area contributed by atoms with Crippen LogP contribution < -0.4 is 14.3 Å². The molecule has 270 valence electrons. The third kappa shape index (κ3) is 4.74. The van der Waals surface area contributed by atoms with E-state index in [4.69, 9.17) is 16.8 Å². The van der Waals surface area contributed by atoms with E-state index in [0.29, 0.717) is 48.1 Å². The lowest BCUT2D eigenvalue weighted by Gasteiger charge is -2.24. The van der Waals surface area contributed by atoms with Gasteiger partial charge in [0.2, 0.25) is 17.1 Å². The zero-order chi connectivity index (χ0) is 47.7. The molecule has 53 heavy (non-hydrogen) atoms. The van der Waals surface area contributed by atoms with Crippen LogP contribution in [0.2, 0.25) is 19.6 Å². The molecule has 1 atom stereocenters. The van der Waals surface area contributed by atoms with Crippen molar-refractivity contribution in [1.82, 2.24) is 4.98 Å². The van der Waals surface area contributed by atoms with Gasteiger partial charge in [-0.2, -0.15) is 0 Å². The number of pyridine rings is 3. The van der Waals surface area contributed by atoms with Crippen LogP contribution in [0.3, 0.4) is 0 Å². The zero-order valence-corrected chi connectivity index (χ0v) is 32.3. The molecular weight excluding hydrogens is 663 g/mol. The van der Waals surface area contributed by atoms with Gasteiger partial charge >= 0.3 is 5.66 Å². The lowest BCUT2D eigenvalue weighted by Crippen LogP contribution is -2.72. The number of fused-ring (bicyclic) bond motifs is 14. The van der Waals surface area contributed by atoms with Gasteiger partial charge in [-0.05, 0) is 110 Å². The quantitative estimate of drug-likeness (QED) is 0.130. The molecule has 1 unspecified atom stereocenters. The first-order valence-electron chi connectivity index (χ1n) is 25.8. The maximum atomic E-state index is 9.84. The third-order valence-corrected chi connectivity index (χ3v) is 14.5. The fourth-order valence-corrected chi connectivity index (χ4v) is 11.6. The summed E-state index contributed by atoms with van der Waals surface area (Å²) in [4.78, 5) is 4.44. The Labute approximate surface area is 334 Å². The number of aromatic nitrogens is 3. The van der Waals surface area contributed by atoms with E-state index in [9.17, 15) is 5.48 Å². The van der Waals surface area contributed by atoms with Crippen molar-refractivity contribution >= 4 is 35.3 Å². The van der Waals surface area contributed by atoms with E-state index < -0.39 is 58.4 Å². The summed E-state index contributed by atoms with van der Waals surface area (Å²) in [6.45, 7) is 2.25. The fraction of sp³-hybridized carbons (Fsp3) is 0.438. The topological polar surface area (TPSA) is 33.8 Å². The molecule has 0 saturated heterocycles. The van der Waals surface area contributed by atoms with Gasteiger partial charge in [-0.25, -0.2) is 4.98 Å². The van der Waals surface area contributed by atoms with E-state index in [1.165, 1.54) is 18.3 Å². The van der Waals surface area contributed by atoms with Crippen molar-refractivity contribution < 1.29 is 31.4 Å². The molecule has 0 amide bonds. The summed E-state index contributed by atoms with van der Waals surface area (Å²) in [6, 6.07) is 12.7. The van der Waals surface area contributed by atoms with E-state index in [-0.39, 0.29) is 44.3 Å². The van der Waals surface area contributed by atoms with Crippen LogP contribution in [0.1, 0.15) is 139 Å². The predicted molar refractivity (Wildman–Crippen MR) is 219 cm³/mol. The molecule has 2 aromatic carbocycles. The van der Waals surface area contributed by atoms with Crippen LogP contribution in [0.4, 0.5) is 0 Å². The van der Waals surface area contributed by atoms with Crippen LogP contribution in [0.25, 0.3) is 44.6 Å². The highest BCUT2D eigenvalue weighted by Gasteiger charge is 2.68. The van der Waals surface area contributed by atoms with Gasteiger partial charge in [-0.3, -0.25) is 0 Å². The SMILES string of the molecule is [2H]C([2H])([2H])c1cnc2oc3c4c(cc(C([2H])([2H])[2H])c3c2c1)C1(c2cc(C3([2H])CCCC3)ccc2-c2cc(C([2H])(C)C)c([Si](C)(C)C)c[n+]21)[n+]1cc(C([2H])([2H])C2CCCC2)c(C([2H])([2H])[2H])cc1-4. The maximum absolute atomic E-state index is 9.84. The lowest BCUT2D eigenvalue weighted by atomic mass is 9.85. The normalized spacial score (nSPS) is 25.0. The van der Waals surface area contributed by atoms with Gasteiger partial charge in [-0.15, -0.1) is 9.13 Å². The van der Waals surface area contributed by atoms with E-state index in [1.54, 1.807) is 12.3 Å². The van der Waals surface area contributed by atoms with Gasteiger partial charge in [0.25, 0.3) is 0 Å². The van der Waals surface area contributed by atoms with E-state index in [2.05, 4.69) is 47.5 Å². The van der Waals surface area contributed by atoms with E-state index in [1.807, 2.05) is 30.5 Å². The second kappa shape index (κ2) is 11.7. The predicted octanol–water partition coefficient (Wildman–Crippen LogP) is 10.8.